The Morgan fingerprint density at radius 1 is 1.47 bits per heavy atom. The zero-order valence-corrected chi connectivity index (χ0v) is 11.3. The SMILES string of the molecule is CC(N)c1ccnc(Sc2nc(=O)c(=O)[nH]n2C)c1. The lowest BCUT2D eigenvalue weighted by molar-refractivity contribution is 0.596. The van der Waals surface area contributed by atoms with Crippen LogP contribution in [0.3, 0.4) is 0 Å². The van der Waals surface area contributed by atoms with Gasteiger partial charge in [0.15, 0.2) is 5.16 Å². The van der Waals surface area contributed by atoms with Crippen LogP contribution in [0.15, 0.2) is 38.1 Å². The van der Waals surface area contributed by atoms with Crippen LogP contribution in [0.2, 0.25) is 0 Å². The summed E-state index contributed by atoms with van der Waals surface area (Å²) < 4.78 is 1.38. The van der Waals surface area contributed by atoms with Crippen molar-refractivity contribution in [1.82, 2.24) is 19.7 Å². The monoisotopic (exact) mass is 279 g/mol. The Balaban J connectivity index is 2.36. The van der Waals surface area contributed by atoms with Gasteiger partial charge in [-0.25, -0.2) is 4.98 Å². The smallest absolute Gasteiger partial charge is 0.324 e. The molecule has 0 saturated carbocycles. The van der Waals surface area contributed by atoms with E-state index in [1.54, 1.807) is 13.2 Å². The van der Waals surface area contributed by atoms with Gasteiger partial charge >= 0.3 is 11.1 Å². The Hall–Kier alpha value is -1.93. The van der Waals surface area contributed by atoms with Crippen molar-refractivity contribution in [2.24, 2.45) is 12.8 Å². The number of rotatable bonds is 3. The molecule has 0 amide bonds. The van der Waals surface area contributed by atoms with Crippen LogP contribution in [0, 0.1) is 0 Å². The molecule has 0 bridgehead atoms. The maximum atomic E-state index is 11.2. The quantitative estimate of drug-likeness (QED) is 0.768. The van der Waals surface area contributed by atoms with Crippen molar-refractivity contribution in [3.8, 4) is 0 Å². The summed E-state index contributed by atoms with van der Waals surface area (Å²) in [4.78, 5) is 30.2. The van der Waals surface area contributed by atoms with Crippen LogP contribution in [-0.2, 0) is 7.05 Å². The predicted octanol–water partition coefficient (Wildman–Crippen LogP) is 0.0345. The van der Waals surface area contributed by atoms with Crippen molar-refractivity contribution in [3.63, 3.8) is 0 Å². The highest BCUT2D eigenvalue weighted by atomic mass is 32.2. The highest BCUT2D eigenvalue weighted by Crippen LogP contribution is 2.23. The van der Waals surface area contributed by atoms with Crippen LogP contribution < -0.4 is 16.9 Å². The normalized spacial score (nSPS) is 12.4. The molecule has 0 aliphatic heterocycles. The Kier molecular flexibility index (Phi) is 3.82. The van der Waals surface area contributed by atoms with E-state index in [1.165, 1.54) is 16.4 Å². The third-order valence-corrected chi connectivity index (χ3v) is 3.41. The molecule has 2 aromatic rings. The number of aromatic amines is 1. The summed E-state index contributed by atoms with van der Waals surface area (Å²) in [7, 11) is 1.60. The van der Waals surface area contributed by atoms with Crippen molar-refractivity contribution < 1.29 is 0 Å². The molecule has 1 atom stereocenters. The number of hydrogen-bond acceptors (Lipinski definition) is 6. The summed E-state index contributed by atoms with van der Waals surface area (Å²) >= 11 is 1.18. The summed E-state index contributed by atoms with van der Waals surface area (Å²) in [5, 5.41) is 3.39. The van der Waals surface area contributed by atoms with E-state index in [0.717, 1.165) is 5.56 Å². The standard InChI is InChI=1S/C11H13N5O2S/c1-6(12)7-3-4-13-8(5-7)19-11-14-9(17)10(18)15-16(11)2/h3-6H,12H2,1-2H3,(H,15,18). The first-order valence-electron chi connectivity index (χ1n) is 5.54. The predicted molar refractivity (Wildman–Crippen MR) is 71.1 cm³/mol. The van der Waals surface area contributed by atoms with Gasteiger partial charge in [0.1, 0.15) is 5.03 Å². The van der Waals surface area contributed by atoms with Gasteiger partial charge in [-0.1, -0.05) is 0 Å². The van der Waals surface area contributed by atoms with E-state index < -0.39 is 11.1 Å². The second-order valence-electron chi connectivity index (χ2n) is 4.02. The number of H-pyrrole nitrogens is 1. The molecule has 0 radical (unpaired) electrons. The molecule has 2 heterocycles. The minimum absolute atomic E-state index is 0.102. The Morgan fingerprint density at radius 3 is 2.89 bits per heavy atom. The number of aryl methyl sites for hydroxylation is 1. The van der Waals surface area contributed by atoms with Gasteiger partial charge in [0.2, 0.25) is 0 Å². The molecule has 0 aliphatic carbocycles. The molecule has 2 aromatic heterocycles. The first kappa shape index (κ1) is 13.5. The largest absolute Gasteiger partial charge is 0.339 e. The van der Waals surface area contributed by atoms with Gasteiger partial charge in [0.25, 0.3) is 0 Å². The molecule has 8 heteroatoms. The fourth-order valence-electron chi connectivity index (χ4n) is 1.41. The number of hydrogen-bond donors (Lipinski definition) is 2. The second kappa shape index (κ2) is 5.37. The molecule has 19 heavy (non-hydrogen) atoms. The molecular weight excluding hydrogens is 266 g/mol. The third-order valence-electron chi connectivity index (χ3n) is 2.43. The zero-order valence-electron chi connectivity index (χ0n) is 10.5. The summed E-state index contributed by atoms with van der Waals surface area (Å²) in [5.74, 6) is 0. The van der Waals surface area contributed by atoms with Crippen LogP contribution >= 0.6 is 11.8 Å². The molecule has 0 aliphatic rings. The van der Waals surface area contributed by atoms with Crippen LogP contribution in [0.4, 0.5) is 0 Å². The fraction of sp³-hybridized carbons (Fsp3) is 0.273. The first-order chi connectivity index (χ1) is 8.97. The second-order valence-corrected chi connectivity index (χ2v) is 5.01. The zero-order chi connectivity index (χ0) is 14.0. The van der Waals surface area contributed by atoms with Gasteiger partial charge in [-0.3, -0.25) is 19.4 Å². The summed E-state index contributed by atoms with van der Waals surface area (Å²) in [5.41, 5.74) is 5.17. The van der Waals surface area contributed by atoms with Gasteiger partial charge in [-0.15, -0.1) is 0 Å². The van der Waals surface area contributed by atoms with E-state index in [0.29, 0.717) is 10.2 Å². The number of aromatic nitrogens is 4. The van der Waals surface area contributed by atoms with Crippen molar-refractivity contribution >= 4 is 11.8 Å². The van der Waals surface area contributed by atoms with Gasteiger partial charge in [-0.05, 0) is 36.4 Å². The first-order valence-corrected chi connectivity index (χ1v) is 6.36. The Morgan fingerprint density at radius 2 is 2.21 bits per heavy atom. The number of nitrogens with two attached hydrogens (primary N) is 1. The van der Waals surface area contributed by atoms with Crippen LogP contribution in [0.25, 0.3) is 0 Å². The average Bonchev–Trinajstić information content (AvgIpc) is 2.36. The molecule has 0 aromatic carbocycles. The summed E-state index contributed by atoms with van der Waals surface area (Å²) in [6.45, 7) is 1.87. The van der Waals surface area contributed by atoms with Gasteiger partial charge in [0.05, 0.1) is 0 Å². The van der Waals surface area contributed by atoms with Gasteiger partial charge < -0.3 is 5.73 Å². The molecule has 0 fully saturated rings. The highest BCUT2D eigenvalue weighted by Gasteiger charge is 2.08. The minimum Gasteiger partial charge on any atom is -0.324 e. The van der Waals surface area contributed by atoms with E-state index in [4.69, 9.17) is 5.73 Å². The van der Waals surface area contributed by atoms with E-state index in [2.05, 4.69) is 15.1 Å². The van der Waals surface area contributed by atoms with Crippen molar-refractivity contribution in [2.75, 3.05) is 0 Å². The average molecular weight is 279 g/mol. The molecule has 3 N–H and O–H groups in total. The number of nitrogens with one attached hydrogen (secondary N) is 1. The molecule has 0 saturated heterocycles. The van der Waals surface area contributed by atoms with E-state index in [9.17, 15) is 9.59 Å². The summed E-state index contributed by atoms with van der Waals surface area (Å²) in [6.07, 6.45) is 1.64. The van der Waals surface area contributed by atoms with Gasteiger partial charge in [0, 0.05) is 19.3 Å². The van der Waals surface area contributed by atoms with Crippen molar-refractivity contribution in [1.29, 1.82) is 0 Å². The topological polar surface area (TPSA) is 107 Å². The van der Waals surface area contributed by atoms with Gasteiger partial charge in [-0.2, -0.15) is 4.98 Å². The molecular formula is C11H13N5O2S. The highest BCUT2D eigenvalue weighted by molar-refractivity contribution is 7.99. The van der Waals surface area contributed by atoms with E-state index in [-0.39, 0.29) is 6.04 Å². The molecule has 100 valence electrons. The maximum absolute atomic E-state index is 11.2. The van der Waals surface area contributed by atoms with E-state index >= 15 is 0 Å². The van der Waals surface area contributed by atoms with E-state index in [1.807, 2.05) is 19.1 Å². The van der Waals surface area contributed by atoms with Crippen LogP contribution in [0.5, 0.6) is 0 Å². The van der Waals surface area contributed by atoms with Crippen molar-refractivity contribution in [3.05, 3.63) is 44.6 Å². The number of nitrogens with zero attached hydrogens (tertiary/aromatic N) is 3. The molecule has 7 nitrogen and oxygen atoms in total. The fourth-order valence-corrected chi connectivity index (χ4v) is 2.22. The third kappa shape index (κ3) is 3.09. The van der Waals surface area contributed by atoms with Crippen LogP contribution in [0.1, 0.15) is 18.5 Å². The molecule has 1 unspecified atom stereocenters. The Bertz CT molecular complexity index is 707. The van der Waals surface area contributed by atoms with Crippen LogP contribution in [-0.4, -0.2) is 19.7 Å². The summed E-state index contributed by atoms with van der Waals surface area (Å²) in [6, 6.07) is 3.55. The lowest BCUT2D eigenvalue weighted by atomic mass is 10.1. The molecule has 0 spiro atoms. The molecule has 2 rings (SSSR count). The van der Waals surface area contributed by atoms with Crippen molar-refractivity contribution in [2.45, 2.75) is 23.1 Å². The Labute approximate surface area is 112 Å². The lowest BCUT2D eigenvalue weighted by Gasteiger charge is -2.08. The number of pyridine rings is 1. The maximum Gasteiger partial charge on any atom is 0.339 e. The lowest BCUT2D eigenvalue weighted by Crippen LogP contribution is -2.33. The minimum atomic E-state index is -0.816.